The summed E-state index contributed by atoms with van der Waals surface area (Å²) in [6, 6.07) is 11.8. The number of carbonyl (C=O) groups is 5. The van der Waals surface area contributed by atoms with Crippen LogP contribution in [-0.2, 0) is 19.2 Å². The summed E-state index contributed by atoms with van der Waals surface area (Å²) in [5, 5.41) is 16.6. The summed E-state index contributed by atoms with van der Waals surface area (Å²) in [7, 11) is 0. The molecule has 2 aromatic carbocycles. The molecule has 1 heterocycles. The number of anilines is 1. The van der Waals surface area contributed by atoms with Gasteiger partial charge in [-0.25, -0.2) is 5.43 Å². The first-order valence-electron chi connectivity index (χ1n) is 13.0. The molecule has 2 amide bonds. The Balaban J connectivity index is 2.00. The van der Waals surface area contributed by atoms with Crippen LogP contribution >= 0.6 is 23.5 Å². The number of para-hydroxylation sites is 1. The lowest BCUT2D eigenvalue weighted by molar-refractivity contribution is -0.144. The van der Waals surface area contributed by atoms with Crippen molar-refractivity contribution in [3.8, 4) is 0 Å². The van der Waals surface area contributed by atoms with Crippen molar-refractivity contribution in [2.75, 3.05) is 30.0 Å². The number of amides is 2. The smallest absolute Gasteiger partial charge is 0.305 e. The van der Waals surface area contributed by atoms with Crippen LogP contribution in [0.3, 0.4) is 0 Å². The standard InChI is InChI=1S/C27H33N7O6S2/c28-27(29)30-11-5-8-19-26(40)34(12-13-35)33-20(14-24(37)38)25(39)32-18-7-2-4-10-23(18)42-16-41-22-9-3-1-6-17(22)21(36)15-31-19/h1-4,6-7,9-10,13,19-20,31,33H,5,8,11-12,14-16H2,(H,32,39)(H,37,38)(H4,28,29,30)/t19-,20-/m0/s1. The number of fused-ring (bicyclic) bond motifs is 2. The lowest BCUT2D eigenvalue weighted by Crippen LogP contribution is -2.58. The highest BCUT2D eigenvalue weighted by atomic mass is 32.2. The number of carboxylic acid groups (broad SMARTS) is 1. The van der Waals surface area contributed by atoms with Gasteiger partial charge in [-0.15, -0.1) is 23.5 Å². The van der Waals surface area contributed by atoms with E-state index in [1.807, 2.05) is 18.2 Å². The van der Waals surface area contributed by atoms with E-state index in [2.05, 4.69) is 21.1 Å². The van der Waals surface area contributed by atoms with Crippen LogP contribution in [0.4, 0.5) is 5.69 Å². The molecule has 15 heteroatoms. The predicted octanol–water partition coefficient (Wildman–Crippen LogP) is 1.05. The van der Waals surface area contributed by atoms with E-state index in [1.165, 1.54) is 23.5 Å². The number of guanidine groups is 1. The van der Waals surface area contributed by atoms with E-state index in [9.17, 15) is 29.1 Å². The van der Waals surface area contributed by atoms with E-state index >= 15 is 0 Å². The van der Waals surface area contributed by atoms with E-state index in [-0.39, 0.29) is 31.3 Å². The fraction of sp³-hybridized carbons (Fsp3) is 0.333. The zero-order chi connectivity index (χ0) is 30.5. The summed E-state index contributed by atoms with van der Waals surface area (Å²) >= 11 is 2.89. The van der Waals surface area contributed by atoms with Gasteiger partial charge in [-0.1, -0.05) is 30.3 Å². The molecular formula is C27H33N7O6S2. The van der Waals surface area contributed by atoms with Crippen molar-refractivity contribution >= 4 is 65.0 Å². The molecule has 0 saturated carbocycles. The second-order valence-corrected chi connectivity index (χ2v) is 11.5. The predicted molar refractivity (Wildman–Crippen MR) is 161 cm³/mol. The fourth-order valence-corrected chi connectivity index (χ4v) is 6.26. The number of thioether (sulfide) groups is 2. The molecule has 8 N–H and O–H groups in total. The van der Waals surface area contributed by atoms with Gasteiger partial charge in [0.25, 0.3) is 5.91 Å². The normalized spacial score (nSPS) is 18.7. The Hall–Kier alpha value is -3.92. The Morgan fingerprint density at radius 1 is 1.05 bits per heavy atom. The van der Waals surface area contributed by atoms with E-state index in [4.69, 9.17) is 11.5 Å². The molecule has 2 aromatic rings. The van der Waals surface area contributed by atoms with Gasteiger partial charge in [-0.2, -0.15) is 0 Å². The number of hydrogen-bond donors (Lipinski definition) is 6. The van der Waals surface area contributed by atoms with Gasteiger partial charge in [0.2, 0.25) is 5.91 Å². The average Bonchev–Trinajstić information content (AvgIpc) is 2.96. The molecule has 0 aromatic heterocycles. The molecule has 13 nitrogen and oxygen atoms in total. The van der Waals surface area contributed by atoms with Crippen LogP contribution in [0.5, 0.6) is 0 Å². The first kappa shape index (κ1) is 32.6. The molecule has 0 spiro atoms. The van der Waals surface area contributed by atoms with Gasteiger partial charge in [0, 0.05) is 27.0 Å². The zero-order valence-electron chi connectivity index (χ0n) is 22.7. The highest BCUT2D eigenvalue weighted by Crippen LogP contribution is 2.34. The number of rotatable bonds is 8. The number of carboxylic acids is 1. The van der Waals surface area contributed by atoms with Crippen molar-refractivity contribution in [3.63, 3.8) is 0 Å². The summed E-state index contributed by atoms with van der Waals surface area (Å²) in [5.41, 5.74) is 14.4. The summed E-state index contributed by atoms with van der Waals surface area (Å²) < 4.78 is 0. The van der Waals surface area contributed by atoms with E-state index in [0.29, 0.717) is 29.0 Å². The third-order valence-corrected chi connectivity index (χ3v) is 8.32. The van der Waals surface area contributed by atoms with Gasteiger partial charge in [-0.05, 0) is 31.0 Å². The SMILES string of the molecule is NC(N)=NCCC[C@@H]1NCC(=O)c2ccccc2SCSc2ccccc2NC(=O)[C@H](CC(=O)O)NN(CC=O)C1=O. The van der Waals surface area contributed by atoms with Gasteiger partial charge in [0.05, 0.1) is 31.2 Å². The highest BCUT2D eigenvalue weighted by molar-refractivity contribution is 8.16. The quantitative estimate of drug-likeness (QED) is 0.107. The number of hydrogen-bond acceptors (Lipinski definition) is 10. The summed E-state index contributed by atoms with van der Waals surface area (Å²) in [6.45, 7) is -0.460. The number of aldehydes is 1. The molecule has 0 bridgehead atoms. The lowest BCUT2D eigenvalue weighted by atomic mass is 10.1. The number of ketones is 1. The average molecular weight is 616 g/mol. The van der Waals surface area contributed by atoms with Crippen LogP contribution in [-0.4, -0.2) is 82.7 Å². The molecule has 1 aliphatic heterocycles. The van der Waals surface area contributed by atoms with Crippen molar-refractivity contribution in [2.45, 2.75) is 41.1 Å². The number of aliphatic imine (C=N–C) groups is 1. The molecule has 0 saturated heterocycles. The number of benzene rings is 2. The molecule has 0 radical (unpaired) electrons. The molecule has 3 rings (SSSR count). The molecule has 224 valence electrons. The number of nitrogens with two attached hydrogens (primary N) is 2. The Bertz CT molecular complexity index is 1320. The topological polar surface area (TPSA) is 209 Å². The third kappa shape index (κ3) is 9.87. The van der Waals surface area contributed by atoms with Gasteiger partial charge in [0.1, 0.15) is 12.3 Å². The Labute approximate surface area is 251 Å². The van der Waals surface area contributed by atoms with E-state index in [1.54, 1.807) is 30.3 Å². The van der Waals surface area contributed by atoms with Crippen LogP contribution in [0.15, 0.2) is 63.3 Å². The number of aliphatic carboxylic acids is 1. The first-order valence-corrected chi connectivity index (χ1v) is 15.0. The van der Waals surface area contributed by atoms with Crippen LogP contribution in [0.1, 0.15) is 29.6 Å². The van der Waals surface area contributed by atoms with Crippen molar-refractivity contribution < 1.29 is 29.1 Å². The minimum absolute atomic E-state index is 0.112. The summed E-state index contributed by atoms with van der Waals surface area (Å²) in [5.74, 6) is -3.01. The number of nitrogens with one attached hydrogen (secondary N) is 3. The maximum atomic E-state index is 13.7. The summed E-state index contributed by atoms with van der Waals surface area (Å²) in [4.78, 5) is 68.9. The van der Waals surface area contributed by atoms with Gasteiger partial charge in [0.15, 0.2) is 11.7 Å². The van der Waals surface area contributed by atoms with Crippen molar-refractivity contribution in [3.05, 3.63) is 54.1 Å². The van der Waals surface area contributed by atoms with Crippen LogP contribution in [0.2, 0.25) is 0 Å². The number of nitrogens with zero attached hydrogens (tertiary/aromatic N) is 2. The molecule has 0 aliphatic carbocycles. The third-order valence-electron chi connectivity index (χ3n) is 6.04. The molecule has 1 aliphatic rings. The van der Waals surface area contributed by atoms with Crippen LogP contribution in [0.25, 0.3) is 0 Å². The number of Topliss-reactive ketones (excluding diaryl/α,β-unsaturated/α-hetero) is 1. The largest absolute Gasteiger partial charge is 0.481 e. The Kier molecular flexibility index (Phi) is 12.8. The Morgan fingerprint density at radius 2 is 1.74 bits per heavy atom. The van der Waals surface area contributed by atoms with Crippen molar-refractivity contribution in [1.29, 1.82) is 0 Å². The zero-order valence-corrected chi connectivity index (χ0v) is 24.3. The fourth-order valence-electron chi connectivity index (χ4n) is 4.05. The monoisotopic (exact) mass is 615 g/mol. The lowest BCUT2D eigenvalue weighted by Gasteiger charge is -2.30. The van der Waals surface area contributed by atoms with E-state index in [0.717, 1.165) is 14.8 Å². The molecular weight excluding hydrogens is 582 g/mol. The molecule has 0 unspecified atom stereocenters. The van der Waals surface area contributed by atoms with Gasteiger partial charge < -0.3 is 26.7 Å². The molecule has 42 heavy (non-hydrogen) atoms. The first-order chi connectivity index (χ1) is 20.2. The van der Waals surface area contributed by atoms with Crippen LogP contribution in [0, 0.1) is 0 Å². The minimum atomic E-state index is -1.40. The second-order valence-electron chi connectivity index (χ2n) is 9.09. The summed E-state index contributed by atoms with van der Waals surface area (Å²) in [6.07, 6.45) is 0.306. The Morgan fingerprint density at radius 3 is 2.45 bits per heavy atom. The maximum absolute atomic E-state index is 13.7. The van der Waals surface area contributed by atoms with Gasteiger partial charge >= 0.3 is 5.97 Å². The molecule has 2 atom stereocenters. The maximum Gasteiger partial charge on any atom is 0.305 e. The number of hydrazine groups is 1. The van der Waals surface area contributed by atoms with Gasteiger partial charge in [-0.3, -0.25) is 34.5 Å². The number of carbonyl (C=O) groups excluding carboxylic acids is 4. The van der Waals surface area contributed by atoms with Crippen molar-refractivity contribution in [2.24, 2.45) is 16.5 Å². The molecule has 0 fully saturated rings. The minimum Gasteiger partial charge on any atom is -0.481 e. The highest BCUT2D eigenvalue weighted by Gasteiger charge is 2.30. The van der Waals surface area contributed by atoms with E-state index < -0.39 is 42.8 Å². The van der Waals surface area contributed by atoms with Crippen molar-refractivity contribution in [1.82, 2.24) is 15.8 Å². The van der Waals surface area contributed by atoms with Crippen LogP contribution < -0.4 is 27.5 Å². The second kappa shape index (κ2) is 16.5.